The van der Waals surface area contributed by atoms with E-state index in [2.05, 4.69) is 30.0 Å². The number of nitrogens with zero attached hydrogens (tertiary/aromatic N) is 9. The second-order valence-electron chi connectivity index (χ2n) is 7.61. The van der Waals surface area contributed by atoms with Gasteiger partial charge in [-0.2, -0.15) is 14.9 Å². The molecule has 5 heterocycles. The molecule has 0 N–H and O–H groups in total. The van der Waals surface area contributed by atoms with E-state index >= 15 is 0 Å². The Hall–Kier alpha value is -2.75. The van der Waals surface area contributed by atoms with Crippen LogP contribution in [0, 0.1) is 0 Å². The molecular weight excluding hydrogens is 358 g/mol. The maximum Gasteiger partial charge on any atom is 0.347 e. The Balaban J connectivity index is 1.28. The molecule has 3 aromatic heterocycles. The molecule has 5 rings (SSSR count). The zero-order valence-electron chi connectivity index (χ0n) is 16.2. The smallest absolute Gasteiger partial charge is 0.347 e. The quantitative estimate of drug-likeness (QED) is 0.639. The summed E-state index contributed by atoms with van der Waals surface area (Å²) in [5.41, 5.74) is 0.880. The third-order valence-electron chi connectivity index (χ3n) is 5.80. The van der Waals surface area contributed by atoms with E-state index in [1.807, 2.05) is 17.8 Å². The van der Waals surface area contributed by atoms with Crippen molar-refractivity contribution in [2.45, 2.75) is 38.9 Å². The molecule has 0 radical (unpaired) electrons. The largest absolute Gasteiger partial charge is 0.353 e. The lowest BCUT2D eigenvalue weighted by molar-refractivity contribution is 0.191. The van der Waals surface area contributed by atoms with E-state index in [4.69, 9.17) is 0 Å². The topological polar surface area (TPSA) is 89.9 Å². The maximum atomic E-state index is 12.7. The molecule has 2 aliphatic rings. The molecule has 0 aromatic carbocycles. The molecule has 148 valence electrons. The van der Waals surface area contributed by atoms with Crippen LogP contribution in [0.3, 0.4) is 0 Å². The molecular formula is C18H25N9O. The summed E-state index contributed by atoms with van der Waals surface area (Å²) in [6.45, 7) is 4.78. The Morgan fingerprint density at radius 3 is 2.75 bits per heavy atom. The zero-order valence-corrected chi connectivity index (χ0v) is 16.2. The molecule has 0 saturated carbocycles. The number of piperazine rings is 1. The third-order valence-corrected chi connectivity index (χ3v) is 5.80. The molecule has 0 unspecified atom stereocenters. The van der Waals surface area contributed by atoms with Crippen molar-refractivity contribution in [1.29, 1.82) is 0 Å². The van der Waals surface area contributed by atoms with Gasteiger partial charge in [-0.1, -0.05) is 6.42 Å². The first-order chi connectivity index (χ1) is 13.7. The third kappa shape index (κ3) is 2.97. The van der Waals surface area contributed by atoms with Gasteiger partial charge in [-0.15, -0.1) is 0 Å². The van der Waals surface area contributed by atoms with Gasteiger partial charge in [0.05, 0.1) is 18.3 Å². The van der Waals surface area contributed by atoms with Crippen molar-refractivity contribution in [1.82, 2.24) is 39.0 Å². The fourth-order valence-corrected chi connectivity index (χ4v) is 4.21. The van der Waals surface area contributed by atoms with Crippen LogP contribution in [0.5, 0.6) is 0 Å². The number of anilines is 1. The average Bonchev–Trinajstić information content (AvgIpc) is 3.12. The lowest BCUT2D eigenvalue weighted by Gasteiger charge is -2.35. The monoisotopic (exact) mass is 383 g/mol. The van der Waals surface area contributed by atoms with Crippen LogP contribution in [0.4, 0.5) is 5.82 Å². The van der Waals surface area contributed by atoms with E-state index in [9.17, 15) is 4.79 Å². The normalized spacial score (nSPS) is 18.4. The first-order valence-electron chi connectivity index (χ1n) is 9.97. The lowest BCUT2D eigenvalue weighted by Crippen LogP contribution is -2.48. The highest BCUT2D eigenvalue weighted by Gasteiger charge is 2.23. The Morgan fingerprint density at radius 2 is 1.89 bits per heavy atom. The molecule has 0 bridgehead atoms. The molecule has 0 spiro atoms. The second kappa shape index (κ2) is 7.01. The highest BCUT2D eigenvalue weighted by molar-refractivity contribution is 5.86. The van der Waals surface area contributed by atoms with Gasteiger partial charge in [-0.05, 0) is 12.8 Å². The predicted molar refractivity (Wildman–Crippen MR) is 104 cm³/mol. The highest BCUT2D eigenvalue weighted by Crippen LogP contribution is 2.23. The molecule has 28 heavy (non-hydrogen) atoms. The Labute approximate surface area is 162 Å². The Morgan fingerprint density at radius 1 is 1.04 bits per heavy atom. The number of aryl methyl sites for hydroxylation is 2. The number of fused-ring (bicyclic) bond motifs is 2. The van der Waals surface area contributed by atoms with Crippen LogP contribution in [-0.2, 0) is 26.7 Å². The van der Waals surface area contributed by atoms with E-state index in [-0.39, 0.29) is 5.69 Å². The maximum absolute atomic E-state index is 12.7. The highest BCUT2D eigenvalue weighted by atomic mass is 16.2. The van der Waals surface area contributed by atoms with Gasteiger partial charge in [0.1, 0.15) is 18.0 Å². The van der Waals surface area contributed by atoms with E-state index < -0.39 is 0 Å². The molecule has 3 aromatic rings. The van der Waals surface area contributed by atoms with Crippen LogP contribution in [0.1, 0.15) is 25.1 Å². The predicted octanol–water partition coefficient (Wildman–Crippen LogP) is 0.228. The fraction of sp³-hybridized carbons (Fsp3) is 0.611. The van der Waals surface area contributed by atoms with Crippen LogP contribution in [0.25, 0.3) is 11.0 Å². The molecule has 10 nitrogen and oxygen atoms in total. The molecule has 1 saturated heterocycles. The summed E-state index contributed by atoms with van der Waals surface area (Å²) in [6, 6.07) is 0. The van der Waals surface area contributed by atoms with Crippen molar-refractivity contribution < 1.29 is 0 Å². The molecule has 0 aliphatic carbocycles. The van der Waals surface area contributed by atoms with Gasteiger partial charge in [0.15, 0.2) is 5.65 Å². The van der Waals surface area contributed by atoms with Crippen LogP contribution in [-0.4, -0.2) is 65.2 Å². The minimum atomic E-state index is 0.0344. The van der Waals surface area contributed by atoms with Gasteiger partial charge in [0.2, 0.25) is 0 Å². The van der Waals surface area contributed by atoms with Gasteiger partial charge in [0.25, 0.3) is 0 Å². The molecule has 0 amide bonds. The molecule has 2 aliphatic heterocycles. The lowest BCUT2D eigenvalue weighted by atomic mass is 10.2. The molecule has 1 fully saturated rings. The first-order valence-corrected chi connectivity index (χ1v) is 9.97. The van der Waals surface area contributed by atoms with Crippen LogP contribution >= 0.6 is 0 Å². The SMILES string of the molecule is Cn1ncc2c(N3CCN(Cn4nc5n(c4=O)CCCCC5)CC3)ncnc21. The summed E-state index contributed by atoms with van der Waals surface area (Å²) in [7, 11) is 1.89. The van der Waals surface area contributed by atoms with E-state index in [1.165, 1.54) is 6.42 Å². The summed E-state index contributed by atoms with van der Waals surface area (Å²) in [5.74, 6) is 1.88. The minimum absolute atomic E-state index is 0.0344. The van der Waals surface area contributed by atoms with Crippen molar-refractivity contribution in [2.24, 2.45) is 7.05 Å². The number of hydrogen-bond acceptors (Lipinski definition) is 7. The summed E-state index contributed by atoms with van der Waals surface area (Å²) in [4.78, 5) is 26.0. The van der Waals surface area contributed by atoms with Gasteiger partial charge in [0, 0.05) is 46.2 Å². The van der Waals surface area contributed by atoms with Gasteiger partial charge < -0.3 is 4.90 Å². The number of aromatic nitrogens is 7. The molecule has 10 heteroatoms. The van der Waals surface area contributed by atoms with Crippen LogP contribution in [0.15, 0.2) is 17.3 Å². The average molecular weight is 383 g/mol. The Bertz CT molecular complexity index is 1040. The second-order valence-corrected chi connectivity index (χ2v) is 7.61. The van der Waals surface area contributed by atoms with Crippen LogP contribution in [0.2, 0.25) is 0 Å². The fourth-order valence-electron chi connectivity index (χ4n) is 4.21. The summed E-state index contributed by atoms with van der Waals surface area (Å²) in [6.07, 6.45) is 7.71. The van der Waals surface area contributed by atoms with Crippen molar-refractivity contribution in [3.63, 3.8) is 0 Å². The van der Waals surface area contributed by atoms with E-state index in [1.54, 1.807) is 15.7 Å². The van der Waals surface area contributed by atoms with Crippen LogP contribution < -0.4 is 10.6 Å². The minimum Gasteiger partial charge on any atom is -0.353 e. The van der Waals surface area contributed by atoms with E-state index in [0.29, 0.717) is 6.67 Å². The van der Waals surface area contributed by atoms with E-state index in [0.717, 1.165) is 74.7 Å². The van der Waals surface area contributed by atoms with Gasteiger partial charge >= 0.3 is 5.69 Å². The van der Waals surface area contributed by atoms with Crippen molar-refractivity contribution in [3.05, 3.63) is 28.8 Å². The van der Waals surface area contributed by atoms with Crippen molar-refractivity contribution >= 4 is 16.9 Å². The first kappa shape index (κ1) is 17.4. The number of rotatable bonds is 3. The standard InChI is InChI=1S/C18H25N9O/c1-23-16-14(11-21-23)17(20-12-19-16)25-9-7-24(8-10-25)13-27-18(28)26-6-4-2-3-5-15(26)22-27/h11-12H,2-10,13H2,1H3. The zero-order chi connectivity index (χ0) is 19.1. The number of hydrogen-bond donors (Lipinski definition) is 0. The van der Waals surface area contributed by atoms with Crippen molar-refractivity contribution in [2.75, 3.05) is 31.1 Å². The Kier molecular flexibility index (Phi) is 4.34. The summed E-state index contributed by atoms with van der Waals surface area (Å²) < 4.78 is 5.27. The summed E-state index contributed by atoms with van der Waals surface area (Å²) >= 11 is 0. The van der Waals surface area contributed by atoms with Gasteiger partial charge in [-0.3, -0.25) is 14.1 Å². The summed E-state index contributed by atoms with van der Waals surface area (Å²) in [5, 5.41) is 9.88. The van der Waals surface area contributed by atoms with Gasteiger partial charge in [-0.25, -0.2) is 14.8 Å². The van der Waals surface area contributed by atoms with Crippen molar-refractivity contribution in [3.8, 4) is 0 Å². The molecule has 0 atom stereocenters.